The van der Waals surface area contributed by atoms with Crippen molar-refractivity contribution in [3.05, 3.63) is 0 Å². The van der Waals surface area contributed by atoms with Crippen molar-refractivity contribution in [1.29, 1.82) is 0 Å². The highest BCUT2D eigenvalue weighted by molar-refractivity contribution is 7.80. The molecule has 5 amide bonds. The van der Waals surface area contributed by atoms with E-state index in [4.69, 9.17) is 22.3 Å². The fraction of sp³-hybridized carbons (Fsp3) is 0.600. The molecule has 0 aromatic rings. The lowest BCUT2D eigenvalue weighted by molar-refractivity contribution is -0.145. The van der Waals surface area contributed by atoms with Crippen molar-refractivity contribution < 1.29 is 39.0 Å². The van der Waals surface area contributed by atoms with E-state index in [1.165, 1.54) is 0 Å². The van der Waals surface area contributed by atoms with E-state index in [9.17, 15) is 33.9 Å². The first-order valence-electron chi connectivity index (χ1n) is 8.55. The molecule has 5 unspecified atom stereocenters. The number of primary amides is 2. The molecule has 30 heavy (non-hydrogen) atoms. The number of nitrogens with one attached hydrogen (secondary N) is 3. The standard InChI is InChI=1S/C15H26N6O8S/c1-5(22)11(15(28)29)21-14(27)8(4-30)20-13(26)7(3-10(18)24)19-12(25)6(16)2-9(17)23/h5-8,11,22,30H,2-4,16H2,1H3,(H2,17,23)(H2,18,24)(H,19,25)(H,20,26)(H,21,27)(H,28,29). The van der Waals surface area contributed by atoms with E-state index in [1.54, 1.807) is 0 Å². The Balaban J connectivity index is 5.27. The van der Waals surface area contributed by atoms with E-state index >= 15 is 0 Å². The zero-order valence-electron chi connectivity index (χ0n) is 16.0. The van der Waals surface area contributed by atoms with Gasteiger partial charge in [-0.3, -0.25) is 24.0 Å². The van der Waals surface area contributed by atoms with Crippen LogP contribution in [0.4, 0.5) is 0 Å². The summed E-state index contributed by atoms with van der Waals surface area (Å²) >= 11 is 3.90. The fourth-order valence-electron chi connectivity index (χ4n) is 2.11. The summed E-state index contributed by atoms with van der Waals surface area (Å²) in [5.41, 5.74) is 15.5. The Hall–Kier alpha value is -2.91. The topological polar surface area (TPSA) is 257 Å². The van der Waals surface area contributed by atoms with Crippen LogP contribution in [0.1, 0.15) is 19.8 Å². The molecule has 11 N–H and O–H groups in total. The molecular formula is C15H26N6O8S. The molecule has 0 bridgehead atoms. The Morgan fingerprint density at radius 3 is 1.73 bits per heavy atom. The maximum atomic E-state index is 12.4. The van der Waals surface area contributed by atoms with Crippen molar-refractivity contribution in [2.75, 3.05) is 5.75 Å². The fourth-order valence-corrected chi connectivity index (χ4v) is 2.36. The molecule has 0 spiro atoms. The Bertz CT molecular complexity index is 688. The second kappa shape index (κ2) is 12.6. The van der Waals surface area contributed by atoms with Crippen molar-refractivity contribution in [3.63, 3.8) is 0 Å². The van der Waals surface area contributed by atoms with Crippen LogP contribution >= 0.6 is 12.6 Å². The van der Waals surface area contributed by atoms with Crippen molar-refractivity contribution in [1.82, 2.24) is 16.0 Å². The summed E-state index contributed by atoms with van der Waals surface area (Å²) in [5.74, 6) is -6.61. The lowest BCUT2D eigenvalue weighted by atomic mass is 10.1. The Kier molecular flexibility index (Phi) is 11.4. The largest absolute Gasteiger partial charge is 0.480 e. The zero-order chi connectivity index (χ0) is 23.6. The number of carbonyl (C=O) groups excluding carboxylic acids is 5. The van der Waals surface area contributed by atoms with Crippen molar-refractivity contribution in [2.24, 2.45) is 17.2 Å². The predicted molar refractivity (Wildman–Crippen MR) is 105 cm³/mol. The number of aliphatic hydroxyl groups is 1. The number of carbonyl (C=O) groups is 6. The molecule has 0 aliphatic heterocycles. The highest BCUT2D eigenvalue weighted by Crippen LogP contribution is 2.00. The van der Waals surface area contributed by atoms with E-state index < -0.39 is 78.6 Å². The molecule has 0 fully saturated rings. The van der Waals surface area contributed by atoms with Crippen LogP contribution in [-0.4, -0.2) is 81.7 Å². The molecule has 0 aromatic carbocycles. The minimum absolute atomic E-state index is 0.290. The lowest BCUT2D eigenvalue weighted by Gasteiger charge is -2.24. The average Bonchev–Trinajstić information content (AvgIpc) is 2.61. The van der Waals surface area contributed by atoms with Crippen LogP contribution in [0.25, 0.3) is 0 Å². The first kappa shape index (κ1) is 27.1. The van der Waals surface area contributed by atoms with Gasteiger partial charge in [-0.25, -0.2) is 4.79 Å². The molecule has 5 atom stereocenters. The van der Waals surface area contributed by atoms with E-state index in [2.05, 4.69) is 23.3 Å². The minimum atomic E-state index is -1.65. The van der Waals surface area contributed by atoms with Crippen LogP contribution < -0.4 is 33.2 Å². The number of hydrogen-bond acceptors (Lipinski definition) is 9. The van der Waals surface area contributed by atoms with Gasteiger partial charge in [-0.1, -0.05) is 0 Å². The summed E-state index contributed by atoms with van der Waals surface area (Å²) in [4.78, 5) is 69.8. The molecular weight excluding hydrogens is 424 g/mol. The van der Waals surface area contributed by atoms with Gasteiger partial charge in [0.15, 0.2) is 6.04 Å². The van der Waals surface area contributed by atoms with Gasteiger partial charge in [0, 0.05) is 5.75 Å². The van der Waals surface area contributed by atoms with Crippen LogP contribution in [0.3, 0.4) is 0 Å². The highest BCUT2D eigenvalue weighted by Gasteiger charge is 2.32. The number of carboxylic acids is 1. The van der Waals surface area contributed by atoms with Crippen molar-refractivity contribution >= 4 is 48.1 Å². The summed E-state index contributed by atoms with van der Waals surface area (Å²) in [6.07, 6.45) is -2.61. The van der Waals surface area contributed by atoms with Crippen LogP contribution in [0.15, 0.2) is 0 Å². The summed E-state index contributed by atoms with van der Waals surface area (Å²) in [5, 5.41) is 24.8. The van der Waals surface area contributed by atoms with E-state index in [-0.39, 0.29) is 5.75 Å². The zero-order valence-corrected chi connectivity index (χ0v) is 16.9. The van der Waals surface area contributed by atoms with Gasteiger partial charge in [0.1, 0.15) is 12.1 Å². The second-order valence-electron chi connectivity index (χ2n) is 6.32. The van der Waals surface area contributed by atoms with Gasteiger partial charge in [0.25, 0.3) is 0 Å². The average molecular weight is 450 g/mol. The van der Waals surface area contributed by atoms with Crippen LogP contribution in [0, 0.1) is 0 Å². The van der Waals surface area contributed by atoms with Crippen LogP contribution in [-0.2, 0) is 28.8 Å². The van der Waals surface area contributed by atoms with Crippen molar-refractivity contribution in [3.8, 4) is 0 Å². The van der Waals surface area contributed by atoms with E-state index in [0.29, 0.717) is 0 Å². The normalized spacial score (nSPS) is 15.6. The molecule has 0 saturated heterocycles. The van der Waals surface area contributed by atoms with Gasteiger partial charge < -0.3 is 43.4 Å². The predicted octanol–water partition coefficient (Wildman–Crippen LogP) is -5.09. The third kappa shape index (κ3) is 9.53. The summed E-state index contributed by atoms with van der Waals surface area (Å²) in [6.45, 7) is 1.14. The van der Waals surface area contributed by atoms with Gasteiger partial charge in [0.05, 0.1) is 25.0 Å². The molecule has 15 heteroatoms. The van der Waals surface area contributed by atoms with Gasteiger partial charge in [0.2, 0.25) is 29.5 Å². The number of amides is 5. The quantitative estimate of drug-likeness (QED) is 0.121. The van der Waals surface area contributed by atoms with Crippen LogP contribution in [0.2, 0.25) is 0 Å². The third-order valence-electron chi connectivity index (χ3n) is 3.66. The van der Waals surface area contributed by atoms with Gasteiger partial charge in [-0.05, 0) is 6.92 Å². The minimum Gasteiger partial charge on any atom is -0.480 e. The number of thiol groups is 1. The number of carboxylic acid groups (broad SMARTS) is 1. The van der Waals surface area contributed by atoms with Gasteiger partial charge in [-0.15, -0.1) is 0 Å². The van der Waals surface area contributed by atoms with Crippen LogP contribution in [0.5, 0.6) is 0 Å². The Morgan fingerprint density at radius 1 is 0.867 bits per heavy atom. The molecule has 0 aliphatic rings. The maximum absolute atomic E-state index is 12.4. The number of aliphatic hydroxyl groups excluding tert-OH is 1. The third-order valence-corrected chi connectivity index (χ3v) is 4.02. The molecule has 0 rings (SSSR count). The number of nitrogens with two attached hydrogens (primary N) is 3. The highest BCUT2D eigenvalue weighted by atomic mass is 32.1. The van der Waals surface area contributed by atoms with E-state index in [1.807, 2.05) is 5.32 Å². The lowest BCUT2D eigenvalue weighted by Crippen LogP contribution is -2.59. The molecule has 0 heterocycles. The molecule has 14 nitrogen and oxygen atoms in total. The first-order chi connectivity index (χ1) is 13.8. The summed E-state index contributed by atoms with van der Waals surface area (Å²) < 4.78 is 0. The Labute approximate surface area is 176 Å². The summed E-state index contributed by atoms with van der Waals surface area (Å²) in [6, 6.07) is -5.97. The molecule has 0 aromatic heterocycles. The molecule has 0 aliphatic carbocycles. The molecule has 170 valence electrons. The number of rotatable bonds is 13. The van der Waals surface area contributed by atoms with Gasteiger partial charge in [-0.2, -0.15) is 12.6 Å². The summed E-state index contributed by atoms with van der Waals surface area (Å²) in [7, 11) is 0. The van der Waals surface area contributed by atoms with Crippen molar-refractivity contribution in [2.45, 2.75) is 50.0 Å². The Morgan fingerprint density at radius 2 is 1.33 bits per heavy atom. The SMILES string of the molecule is CC(O)C(NC(=O)C(CS)NC(=O)C(CC(N)=O)NC(=O)C(N)CC(N)=O)C(=O)O. The number of hydrogen-bond donors (Lipinski definition) is 9. The molecule has 0 saturated carbocycles. The molecule has 0 radical (unpaired) electrons. The number of aliphatic carboxylic acids is 1. The maximum Gasteiger partial charge on any atom is 0.328 e. The second-order valence-corrected chi connectivity index (χ2v) is 6.68. The smallest absolute Gasteiger partial charge is 0.328 e. The monoisotopic (exact) mass is 450 g/mol. The van der Waals surface area contributed by atoms with Gasteiger partial charge >= 0.3 is 5.97 Å². The van der Waals surface area contributed by atoms with E-state index in [0.717, 1.165) is 6.92 Å². The first-order valence-corrected chi connectivity index (χ1v) is 9.18.